The van der Waals surface area contributed by atoms with Gasteiger partial charge >= 0.3 is 6.09 Å². The molecule has 1 heterocycles. The van der Waals surface area contributed by atoms with E-state index in [-0.39, 0.29) is 5.92 Å². The molecule has 152 valence electrons. The number of benzene rings is 2. The number of pyridine rings is 1. The largest absolute Gasteiger partial charge is 0.449 e. The first-order valence-corrected chi connectivity index (χ1v) is 10.0. The van der Waals surface area contributed by atoms with E-state index in [1.54, 1.807) is 13.0 Å². The van der Waals surface area contributed by atoms with E-state index in [0.29, 0.717) is 25.1 Å². The molecule has 30 heavy (non-hydrogen) atoms. The van der Waals surface area contributed by atoms with Gasteiger partial charge in [-0.1, -0.05) is 60.7 Å². The Morgan fingerprint density at radius 1 is 1.13 bits per heavy atom. The molecule has 0 aliphatic heterocycles. The molecule has 0 radical (unpaired) electrons. The molecule has 1 aromatic heterocycles. The topological polar surface area (TPSA) is 51.2 Å². The Labute approximate surface area is 175 Å². The molecule has 1 N–H and O–H groups in total. The number of hydrogen-bond acceptors (Lipinski definition) is 3. The van der Waals surface area contributed by atoms with Crippen LogP contribution in [0.2, 0.25) is 0 Å². The highest BCUT2D eigenvalue weighted by Gasteiger charge is 2.28. The van der Waals surface area contributed by atoms with Crippen LogP contribution in [0, 0.1) is 12.9 Å². The van der Waals surface area contributed by atoms with Crippen molar-refractivity contribution in [3.63, 3.8) is 0 Å². The first-order chi connectivity index (χ1) is 14.6. The molecule has 0 atom stereocenters. The number of carbonyl (C=O) groups excluding carboxylic acids is 1. The van der Waals surface area contributed by atoms with Crippen LogP contribution in [0.15, 0.2) is 66.9 Å². The van der Waals surface area contributed by atoms with Gasteiger partial charge in [0.15, 0.2) is 0 Å². The second-order valence-electron chi connectivity index (χ2n) is 7.32. The zero-order valence-electron chi connectivity index (χ0n) is 16.8. The molecule has 1 aliphatic rings. The van der Waals surface area contributed by atoms with Crippen LogP contribution in [0.5, 0.6) is 0 Å². The number of nitrogens with zero attached hydrogens (tertiary/aromatic N) is 1. The van der Waals surface area contributed by atoms with E-state index in [1.165, 1.54) is 28.5 Å². The van der Waals surface area contributed by atoms with E-state index in [4.69, 9.17) is 4.74 Å². The van der Waals surface area contributed by atoms with Gasteiger partial charge < -0.3 is 10.1 Å². The molecule has 0 fully saturated rings. The van der Waals surface area contributed by atoms with E-state index in [9.17, 15) is 9.18 Å². The standard InChI is InChI=1S/C25H23FN2O2/c1-17-14-18(15-28-24(17)26)8-6-7-13-27-25(29)30-16-23-21-11-4-2-9-19(21)20-10-3-5-12-22(20)23/h2-6,8-12,14-15,23H,7,13,16H2,1H3,(H,27,29). The SMILES string of the molecule is Cc1cc(C=CCCNC(=O)OCC2c3ccccc3-c3ccccc32)cnc1F. The third-order valence-corrected chi connectivity index (χ3v) is 5.27. The van der Waals surface area contributed by atoms with Crippen LogP contribution < -0.4 is 5.32 Å². The van der Waals surface area contributed by atoms with Crippen molar-refractivity contribution in [2.24, 2.45) is 0 Å². The number of amides is 1. The van der Waals surface area contributed by atoms with Crippen molar-refractivity contribution in [2.75, 3.05) is 13.2 Å². The fourth-order valence-electron chi connectivity index (χ4n) is 3.80. The minimum absolute atomic E-state index is 0.0530. The number of alkyl carbamates (subject to hydrolysis) is 1. The lowest BCUT2D eigenvalue weighted by molar-refractivity contribution is 0.143. The summed E-state index contributed by atoms with van der Waals surface area (Å²) >= 11 is 0. The number of ether oxygens (including phenoxy) is 1. The van der Waals surface area contributed by atoms with Crippen LogP contribution in [0.3, 0.4) is 0 Å². The van der Waals surface area contributed by atoms with E-state index < -0.39 is 12.0 Å². The number of aryl methyl sites for hydroxylation is 1. The van der Waals surface area contributed by atoms with Gasteiger partial charge in [0.05, 0.1) is 0 Å². The molecule has 0 unspecified atom stereocenters. The Hall–Kier alpha value is -3.47. The van der Waals surface area contributed by atoms with Gasteiger partial charge in [0.1, 0.15) is 6.61 Å². The maximum atomic E-state index is 13.2. The van der Waals surface area contributed by atoms with Crippen molar-refractivity contribution in [3.05, 3.63) is 95.1 Å². The van der Waals surface area contributed by atoms with Crippen LogP contribution in [0.25, 0.3) is 17.2 Å². The van der Waals surface area contributed by atoms with Crippen LogP contribution >= 0.6 is 0 Å². The van der Waals surface area contributed by atoms with Crippen molar-refractivity contribution in [3.8, 4) is 11.1 Å². The molecule has 0 bridgehead atoms. The molecule has 1 amide bonds. The highest BCUT2D eigenvalue weighted by molar-refractivity contribution is 5.79. The first-order valence-electron chi connectivity index (χ1n) is 10.0. The van der Waals surface area contributed by atoms with Gasteiger partial charge in [0, 0.05) is 24.2 Å². The average molecular weight is 402 g/mol. The van der Waals surface area contributed by atoms with Crippen molar-refractivity contribution >= 4 is 12.2 Å². The lowest BCUT2D eigenvalue weighted by Crippen LogP contribution is -2.26. The maximum absolute atomic E-state index is 13.2. The number of carbonyl (C=O) groups is 1. The van der Waals surface area contributed by atoms with Gasteiger partial charge in [-0.2, -0.15) is 4.39 Å². The Bertz CT molecular complexity index is 1050. The van der Waals surface area contributed by atoms with E-state index in [1.807, 2.05) is 36.4 Å². The molecular formula is C25H23FN2O2. The van der Waals surface area contributed by atoms with Crippen LogP contribution in [-0.2, 0) is 4.74 Å². The smallest absolute Gasteiger partial charge is 0.407 e. The summed E-state index contributed by atoms with van der Waals surface area (Å²) in [5, 5.41) is 2.77. The number of hydrogen-bond donors (Lipinski definition) is 1. The zero-order chi connectivity index (χ0) is 20.9. The summed E-state index contributed by atoms with van der Waals surface area (Å²) in [5.74, 6) is -0.402. The summed E-state index contributed by atoms with van der Waals surface area (Å²) in [6.45, 7) is 2.44. The highest BCUT2D eigenvalue weighted by atomic mass is 19.1. The average Bonchev–Trinajstić information content (AvgIpc) is 3.08. The van der Waals surface area contributed by atoms with Crippen molar-refractivity contribution in [1.82, 2.24) is 10.3 Å². The summed E-state index contributed by atoms with van der Waals surface area (Å²) in [6.07, 6.45) is 5.47. The third-order valence-electron chi connectivity index (χ3n) is 5.27. The second kappa shape index (κ2) is 8.91. The summed E-state index contributed by atoms with van der Waals surface area (Å²) in [5.41, 5.74) is 6.13. The predicted molar refractivity (Wildman–Crippen MR) is 116 cm³/mol. The summed E-state index contributed by atoms with van der Waals surface area (Å²) in [7, 11) is 0. The number of fused-ring (bicyclic) bond motifs is 3. The Balaban J connectivity index is 1.27. The summed E-state index contributed by atoms with van der Waals surface area (Å²) < 4.78 is 18.7. The monoisotopic (exact) mass is 402 g/mol. The summed E-state index contributed by atoms with van der Waals surface area (Å²) in [4.78, 5) is 15.8. The predicted octanol–water partition coefficient (Wildman–Crippen LogP) is 5.47. The van der Waals surface area contributed by atoms with Gasteiger partial charge in [-0.15, -0.1) is 0 Å². The molecule has 1 aliphatic carbocycles. The number of halogens is 1. The van der Waals surface area contributed by atoms with Crippen molar-refractivity contribution in [1.29, 1.82) is 0 Å². The van der Waals surface area contributed by atoms with E-state index in [0.717, 1.165) is 5.56 Å². The van der Waals surface area contributed by atoms with Crippen LogP contribution in [-0.4, -0.2) is 24.2 Å². The van der Waals surface area contributed by atoms with Crippen molar-refractivity contribution in [2.45, 2.75) is 19.3 Å². The fraction of sp³-hybridized carbons (Fsp3) is 0.200. The van der Waals surface area contributed by atoms with Gasteiger partial charge in [0.25, 0.3) is 0 Å². The molecule has 0 saturated heterocycles. The van der Waals surface area contributed by atoms with Gasteiger partial charge in [-0.3, -0.25) is 0 Å². The summed E-state index contributed by atoms with van der Waals surface area (Å²) in [6, 6.07) is 18.2. The number of rotatable bonds is 6. The first kappa shape index (κ1) is 19.8. The minimum Gasteiger partial charge on any atom is -0.449 e. The van der Waals surface area contributed by atoms with Gasteiger partial charge in [-0.05, 0) is 47.2 Å². The third kappa shape index (κ3) is 4.25. The lowest BCUT2D eigenvalue weighted by atomic mass is 9.98. The maximum Gasteiger partial charge on any atom is 0.407 e. The molecule has 4 rings (SSSR count). The van der Waals surface area contributed by atoms with E-state index >= 15 is 0 Å². The fourth-order valence-corrected chi connectivity index (χ4v) is 3.80. The van der Waals surface area contributed by atoms with Crippen molar-refractivity contribution < 1.29 is 13.9 Å². The van der Waals surface area contributed by atoms with Crippen LogP contribution in [0.1, 0.15) is 34.6 Å². The Morgan fingerprint density at radius 2 is 1.80 bits per heavy atom. The normalized spacial score (nSPS) is 12.6. The molecule has 0 saturated carbocycles. The minimum atomic E-state index is -0.455. The molecule has 5 heteroatoms. The number of nitrogens with one attached hydrogen (secondary N) is 1. The molecule has 0 spiro atoms. The second-order valence-corrected chi connectivity index (χ2v) is 7.32. The van der Waals surface area contributed by atoms with Gasteiger partial charge in [-0.25, -0.2) is 9.78 Å². The molecule has 4 nitrogen and oxygen atoms in total. The Kier molecular flexibility index (Phi) is 5.89. The van der Waals surface area contributed by atoms with Crippen LogP contribution in [0.4, 0.5) is 9.18 Å². The molecular weight excluding hydrogens is 379 g/mol. The molecule has 3 aromatic rings. The highest BCUT2D eigenvalue weighted by Crippen LogP contribution is 2.44. The lowest BCUT2D eigenvalue weighted by Gasteiger charge is -2.14. The Morgan fingerprint density at radius 3 is 2.47 bits per heavy atom. The van der Waals surface area contributed by atoms with E-state index in [2.05, 4.69) is 34.6 Å². The van der Waals surface area contributed by atoms with Gasteiger partial charge in [0.2, 0.25) is 5.95 Å². The molecule has 2 aromatic carbocycles. The zero-order valence-corrected chi connectivity index (χ0v) is 16.8. The quantitative estimate of drug-likeness (QED) is 0.439. The number of aromatic nitrogens is 1.